The number of hydrogen-bond acceptors (Lipinski definition) is 3. The quantitative estimate of drug-likeness (QED) is 0.747. The third-order valence-electron chi connectivity index (χ3n) is 3.67. The van der Waals surface area contributed by atoms with Crippen molar-refractivity contribution in [3.63, 3.8) is 0 Å². The molecule has 0 spiro atoms. The normalized spacial score (nSPS) is 27.6. The number of nitrogens with one attached hydrogen (secondary N) is 1. The third-order valence-corrected chi connectivity index (χ3v) is 3.67. The van der Waals surface area contributed by atoms with Crippen molar-refractivity contribution in [1.82, 2.24) is 10.2 Å². The van der Waals surface area contributed by atoms with Crippen molar-refractivity contribution in [3.05, 3.63) is 0 Å². The molecule has 90 valence electrons. The minimum absolute atomic E-state index is 0.332. The number of ether oxygens (including phenoxy) is 1. The Balaban J connectivity index is 2.41. The molecule has 1 rings (SSSR count). The van der Waals surface area contributed by atoms with Crippen molar-refractivity contribution in [2.75, 3.05) is 33.8 Å². The Morgan fingerprint density at radius 2 is 2.20 bits per heavy atom. The van der Waals surface area contributed by atoms with Crippen molar-refractivity contribution in [2.24, 2.45) is 5.92 Å². The number of methoxy groups -OCH3 is 1. The Morgan fingerprint density at radius 3 is 2.80 bits per heavy atom. The maximum absolute atomic E-state index is 5.40. The lowest BCUT2D eigenvalue weighted by Crippen LogP contribution is -2.47. The fourth-order valence-electron chi connectivity index (χ4n) is 2.42. The molecule has 0 aromatic rings. The highest BCUT2D eigenvalue weighted by atomic mass is 16.5. The summed E-state index contributed by atoms with van der Waals surface area (Å²) in [7, 11) is 3.84. The van der Waals surface area contributed by atoms with Gasteiger partial charge in [-0.15, -0.1) is 0 Å². The second-order valence-corrected chi connectivity index (χ2v) is 4.74. The Kier molecular flexibility index (Phi) is 5.58. The summed E-state index contributed by atoms with van der Waals surface area (Å²) in [4.78, 5) is 2.57. The molecule has 1 heterocycles. The summed E-state index contributed by atoms with van der Waals surface area (Å²) in [6.45, 7) is 8.03. The van der Waals surface area contributed by atoms with E-state index in [2.05, 4.69) is 24.1 Å². The Morgan fingerprint density at radius 1 is 1.47 bits per heavy atom. The summed E-state index contributed by atoms with van der Waals surface area (Å²) in [5, 5.41) is 3.28. The molecule has 3 nitrogen and oxygen atoms in total. The number of rotatable bonds is 5. The van der Waals surface area contributed by atoms with E-state index in [-0.39, 0.29) is 0 Å². The molecule has 0 bridgehead atoms. The number of likely N-dealkylation sites (tertiary alicyclic amines) is 1. The van der Waals surface area contributed by atoms with Crippen LogP contribution in [0.4, 0.5) is 0 Å². The monoisotopic (exact) mass is 214 g/mol. The van der Waals surface area contributed by atoms with Gasteiger partial charge in [-0.1, -0.05) is 0 Å². The summed E-state index contributed by atoms with van der Waals surface area (Å²) in [5.41, 5.74) is 0. The molecule has 0 amide bonds. The second-order valence-electron chi connectivity index (χ2n) is 4.74. The average Bonchev–Trinajstić information content (AvgIpc) is 2.28. The van der Waals surface area contributed by atoms with Gasteiger partial charge >= 0.3 is 0 Å². The molecule has 15 heavy (non-hydrogen) atoms. The zero-order valence-electron chi connectivity index (χ0n) is 10.6. The molecular formula is C12H26N2O. The van der Waals surface area contributed by atoms with E-state index in [1.807, 2.05) is 7.05 Å². The smallest absolute Gasteiger partial charge is 0.0695 e. The van der Waals surface area contributed by atoms with E-state index < -0.39 is 0 Å². The zero-order chi connectivity index (χ0) is 11.3. The van der Waals surface area contributed by atoms with Crippen molar-refractivity contribution < 1.29 is 4.74 Å². The molecular weight excluding hydrogens is 188 g/mol. The molecule has 1 aliphatic heterocycles. The largest absolute Gasteiger partial charge is 0.380 e. The van der Waals surface area contributed by atoms with Crippen LogP contribution < -0.4 is 5.32 Å². The maximum Gasteiger partial charge on any atom is 0.0695 e. The first-order valence-corrected chi connectivity index (χ1v) is 6.10. The lowest BCUT2D eigenvalue weighted by atomic mass is 9.96. The summed E-state index contributed by atoms with van der Waals surface area (Å²) >= 11 is 0. The van der Waals surface area contributed by atoms with Crippen LogP contribution in [0, 0.1) is 5.92 Å². The van der Waals surface area contributed by atoms with Crippen LogP contribution in [0.15, 0.2) is 0 Å². The number of hydrogen-bond donors (Lipinski definition) is 1. The second kappa shape index (κ2) is 6.46. The van der Waals surface area contributed by atoms with Gasteiger partial charge in [0.05, 0.1) is 6.10 Å². The lowest BCUT2D eigenvalue weighted by molar-refractivity contribution is 0.0153. The first kappa shape index (κ1) is 12.9. The molecule has 1 fully saturated rings. The van der Waals surface area contributed by atoms with Crippen LogP contribution in [0.1, 0.15) is 26.7 Å². The van der Waals surface area contributed by atoms with Gasteiger partial charge < -0.3 is 10.1 Å². The first-order chi connectivity index (χ1) is 7.19. The maximum atomic E-state index is 5.40. The van der Waals surface area contributed by atoms with Crippen LogP contribution in [0.5, 0.6) is 0 Å². The van der Waals surface area contributed by atoms with E-state index >= 15 is 0 Å². The van der Waals surface area contributed by atoms with Crippen molar-refractivity contribution in [1.29, 1.82) is 0 Å². The van der Waals surface area contributed by atoms with Gasteiger partial charge in [0, 0.05) is 19.7 Å². The molecule has 0 aromatic heterocycles. The van der Waals surface area contributed by atoms with E-state index in [0.717, 1.165) is 12.5 Å². The summed E-state index contributed by atoms with van der Waals surface area (Å²) in [5.74, 6) is 0.815. The molecule has 1 aliphatic rings. The van der Waals surface area contributed by atoms with Gasteiger partial charge in [0.2, 0.25) is 0 Å². The molecule has 3 heteroatoms. The zero-order valence-corrected chi connectivity index (χ0v) is 10.6. The molecule has 0 radical (unpaired) electrons. The van der Waals surface area contributed by atoms with Gasteiger partial charge in [-0.05, 0) is 52.7 Å². The van der Waals surface area contributed by atoms with E-state index in [1.54, 1.807) is 7.11 Å². The molecule has 0 aromatic carbocycles. The lowest BCUT2D eigenvalue weighted by Gasteiger charge is -2.38. The van der Waals surface area contributed by atoms with Crippen LogP contribution in [0.25, 0.3) is 0 Å². The van der Waals surface area contributed by atoms with Gasteiger partial charge in [0.25, 0.3) is 0 Å². The topological polar surface area (TPSA) is 24.5 Å². The summed E-state index contributed by atoms with van der Waals surface area (Å²) < 4.78 is 5.40. The Labute approximate surface area is 94.2 Å². The van der Waals surface area contributed by atoms with Crippen LogP contribution >= 0.6 is 0 Å². The highest BCUT2D eigenvalue weighted by Gasteiger charge is 2.25. The van der Waals surface area contributed by atoms with E-state index in [1.165, 1.54) is 25.9 Å². The van der Waals surface area contributed by atoms with E-state index in [0.29, 0.717) is 12.1 Å². The van der Waals surface area contributed by atoms with Crippen LogP contribution in [0.2, 0.25) is 0 Å². The van der Waals surface area contributed by atoms with Gasteiger partial charge in [0.1, 0.15) is 0 Å². The van der Waals surface area contributed by atoms with Crippen LogP contribution in [-0.2, 0) is 4.74 Å². The Bertz CT molecular complexity index is 173. The fourth-order valence-corrected chi connectivity index (χ4v) is 2.42. The molecule has 1 N–H and O–H groups in total. The number of piperidine rings is 1. The highest BCUT2D eigenvalue weighted by molar-refractivity contribution is 4.80. The minimum atomic E-state index is 0.332. The molecule has 0 aliphatic carbocycles. The SMILES string of the molecule is CNCC1CCCN(C(C)C(C)OC)C1. The molecule has 3 unspecified atom stereocenters. The van der Waals surface area contributed by atoms with Gasteiger partial charge in [0.15, 0.2) is 0 Å². The molecule has 1 saturated heterocycles. The third kappa shape index (κ3) is 3.74. The predicted molar refractivity (Wildman–Crippen MR) is 64.2 cm³/mol. The highest BCUT2D eigenvalue weighted by Crippen LogP contribution is 2.19. The van der Waals surface area contributed by atoms with Gasteiger partial charge in [-0.2, -0.15) is 0 Å². The van der Waals surface area contributed by atoms with E-state index in [9.17, 15) is 0 Å². The fraction of sp³-hybridized carbons (Fsp3) is 1.00. The van der Waals surface area contributed by atoms with E-state index in [4.69, 9.17) is 4.74 Å². The average molecular weight is 214 g/mol. The predicted octanol–water partition coefficient (Wildman–Crippen LogP) is 1.34. The van der Waals surface area contributed by atoms with Crippen LogP contribution in [0.3, 0.4) is 0 Å². The number of nitrogens with zero attached hydrogens (tertiary/aromatic N) is 1. The molecule has 0 saturated carbocycles. The molecule has 3 atom stereocenters. The first-order valence-electron chi connectivity index (χ1n) is 6.10. The van der Waals surface area contributed by atoms with Crippen LogP contribution in [-0.4, -0.2) is 50.8 Å². The van der Waals surface area contributed by atoms with Crippen molar-refractivity contribution in [3.8, 4) is 0 Å². The van der Waals surface area contributed by atoms with Gasteiger partial charge in [-0.25, -0.2) is 0 Å². The van der Waals surface area contributed by atoms with Crippen molar-refractivity contribution in [2.45, 2.75) is 38.8 Å². The standard InChI is InChI=1S/C12H26N2O/c1-10(11(2)15-4)14-7-5-6-12(9-14)8-13-3/h10-13H,5-9H2,1-4H3. The summed E-state index contributed by atoms with van der Waals surface area (Å²) in [6.07, 6.45) is 3.02. The van der Waals surface area contributed by atoms with Crippen molar-refractivity contribution >= 4 is 0 Å². The Hall–Kier alpha value is -0.120. The van der Waals surface area contributed by atoms with Gasteiger partial charge in [-0.3, -0.25) is 4.90 Å². The minimum Gasteiger partial charge on any atom is -0.380 e. The summed E-state index contributed by atoms with van der Waals surface area (Å²) in [6, 6.07) is 0.537.